The summed E-state index contributed by atoms with van der Waals surface area (Å²) in [6.45, 7) is 5.95. The molecule has 0 aliphatic heterocycles. The highest BCUT2D eigenvalue weighted by atomic mass is 16.3. The van der Waals surface area contributed by atoms with Crippen molar-refractivity contribution in [1.29, 1.82) is 0 Å². The highest BCUT2D eigenvalue weighted by Crippen LogP contribution is 2.09. The number of likely N-dealkylation sites (N-methyl/N-ethyl adjacent to an activating group) is 1. The maximum absolute atomic E-state index is 12.0. The first kappa shape index (κ1) is 14.7. The summed E-state index contributed by atoms with van der Waals surface area (Å²) in [4.78, 5) is 13.9. The van der Waals surface area contributed by atoms with E-state index in [1.807, 2.05) is 19.0 Å². The molecule has 1 amide bonds. The second kappa shape index (κ2) is 5.49. The molecule has 1 aromatic rings. The lowest BCUT2D eigenvalue weighted by Gasteiger charge is -2.27. The molecule has 0 spiro atoms. The van der Waals surface area contributed by atoms with Crippen LogP contribution in [-0.2, 0) is 0 Å². The smallest absolute Gasteiger partial charge is 0.255 e. The van der Waals surface area contributed by atoms with Gasteiger partial charge in [0.25, 0.3) is 5.91 Å². The Balaban J connectivity index is 2.62. The maximum atomic E-state index is 12.0. The minimum atomic E-state index is -0.954. The van der Waals surface area contributed by atoms with Crippen LogP contribution >= 0.6 is 0 Å². The summed E-state index contributed by atoms with van der Waals surface area (Å²) in [5.74, 6) is -0.210. The van der Waals surface area contributed by atoms with Crippen molar-refractivity contribution < 1.29 is 9.90 Å². The van der Waals surface area contributed by atoms with Gasteiger partial charge in [-0.3, -0.25) is 9.89 Å². The Morgan fingerprint density at radius 1 is 1.50 bits per heavy atom. The van der Waals surface area contributed by atoms with E-state index in [9.17, 15) is 9.90 Å². The Morgan fingerprint density at radius 2 is 2.11 bits per heavy atom. The molecule has 0 aliphatic rings. The SMILES string of the molecule is Cc1n[nH]c(C)c1C(=O)NCC(C)(O)CN(C)C. The zero-order chi connectivity index (χ0) is 13.9. The molecule has 102 valence electrons. The summed E-state index contributed by atoms with van der Waals surface area (Å²) in [6, 6.07) is 0. The van der Waals surface area contributed by atoms with Crippen molar-refractivity contribution in [3.63, 3.8) is 0 Å². The number of nitrogens with one attached hydrogen (secondary N) is 2. The zero-order valence-corrected chi connectivity index (χ0v) is 11.7. The second-order valence-corrected chi connectivity index (χ2v) is 5.23. The number of nitrogens with zero attached hydrogens (tertiary/aromatic N) is 2. The number of aromatic amines is 1. The average molecular weight is 254 g/mol. The number of carbonyl (C=O) groups is 1. The van der Waals surface area contributed by atoms with Crippen LogP contribution in [0, 0.1) is 13.8 Å². The standard InChI is InChI=1S/C12H22N4O2/c1-8-10(9(2)15-14-8)11(17)13-6-12(3,18)7-16(4)5/h18H,6-7H2,1-5H3,(H,13,17)(H,14,15). The molecule has 0 saturated carbocycles. The summed E-state index contributed by atoms with van der Waals surface area (Å²) in [5, 5.41) is 19.6. The molecule has 0 aliphatic carbocycles. The summed E-state index contributed by atoms with van der Waals surface area (Å²) >= 11 is 0. The summed E-state index contributed by atoms with van der Waals surface area (Å²) < 4.78 is 0. The molecule has 1 rings (SSSR count). The molecule has 0 aromatic carbocycles. The molecule has 0 saturated heterocycles. The van der Waals surface area contributed by atoms with Gasteiger partial charge in [0.2, 0.25) is 0 Å². The van der Waals surface area contributed by atoms with Crippen molar-refractivity contribution in [3.8, 4) is 0 Å². The topological polar surface area (TPSA) is 81.2 Å². The molecule has 3 N–H and O–H groups in total. The first-order valence-corrected chi connectivity index (χ1v) is 5.90. The van der Waals surface area contributed by atoms with E-state index in [0.29, 0.717) is 17.8 Å². The van der Waals surface area contributed by atoms with Gasteiger partial charge in [0.1, 0.15) is 0 Å². The molecule has 1 heterocycles. The number of rotatable bonds is 5. The second-order valence-electron chi connectivity index (χ2n) is 5.23. The summed E-state index contributed by atoms with van der Waals surface area (Å²) in [5.41, 5.74) is 0.996. The number of aliphatic hydroxyl groups is 1. The predicted molar refractivity (Wildman–Crippen MR) is 69.6 cm³/mol. The highest BCUT2D eigenvalue weighted by Gasteiger charge is 2.23. The van der Waals surface area contributed by atoms with Crippen molar-refractivity contribution in [2.45, 2.75) is 26.4 Å². The minimum Gasteiger partial charge on any atom is -0.387 e. The summed E-state index contributed by atoms with van der Waals surface area (Å²) in [7, 11) is 3.75. The van der Waals surface area contributed by atoms with Crippen LogP contribution in [-0.4, -0.2) is 58.9 Å². The van der Waals surface area contributed by atoms with Gasteiger partial charge < -0.3 is 15.3 Å². The highest BCUT2D eigenvalue weighted by molar-refractivity contribution is 5.96. The Labute approximate surface area is 107 Å². The summed E-state index contributed by atoms with van der Waals surface area (Å²) in [6.07, 6.45) is 0. The Kier molecular flexibility index (Phi) is 4.48. The van der Waals surface area contributed by atoms with E-state index in [1.54, 1.807) is 20.8 Å². The molecule has 0 radical (unpaired) electrons. The predicted octanol–water partition coefficient (Wildman–Crippen LogP) is 0.0689. The molecular weight excluding hydrogens is 232 g/mol. The van der Waals surface area contributed by atoms with Crippen molar-refractivity contribution in [1.82, 2.24) is 20.4 Å². The Bertz CT molecular complexity index is 404. The molecular formula is C12H22N4O2. The molecule has 1 unspecified atom stereocenters. The molecule has 1 aromatic heterocycles. The third-order valence-electron chi connectivity index (χ3n) is 2.64. The van der Waals surface area contributed by atoms with Crippen molar-refractivity contribution in [2.24, 2.45) is 0 Å². The van der Waals surface area contributed by atoms with E-state index in [4.69, 9.17) is 0 Å². The fraction of sp³-hybridized carbons (Fsp3) is 0.667. The van der Waals surface area contributed by atoms with Crippen LogP contribution < -0.4 is 5.32 Å². The quantitative estimate of drug-likeness (QED) is 0.694. The largest absolute Gasteiger partial charge is 0.387 e. The monoisotopic (exact) mass is 254 g/mol. The molecule has 18 heavy (non-hydrogen) atoms. The van der Waals surface area contributed by atoms with E-state index in [-0.39, 0.29) is 12.5 Å². The van der Waals surface area contributed by atoms with Crippen LogP contribution in [0.15, 0.2) is 0 Å². The van der Waals surface area contributed by atoms with Crippen LogP contribution in [0.2, 0.25) is 0 Å². The first-order chi connectivity index (χ1) is 8.23. The van der Waals surface area contributed by atoms with Crippen LogP contribution in [0.5, 0.6) is 0 Å². The minimum absolute atomic E-state index is 0.202. The van der Waals surface area contributed by atoms with Gasteiger partial charge in [-0.1, -0.05) is 0 Å². The van der Waals surface area contributed by atoms with Crippen LogP contribution in [0.3, 0.4) is 0 Å². The van der Waals surface area contributed by atoms with Gasteiger partial charge in [0.15, 0.2) is 0 Å². The lowest BCUT2D eigenvalue weighted by atomic mass is 10.1. The van der Waals surface area contributed by atoms with Gasteiger partial charge in [0.05, 0.1) is 16.9 Å². The van der Waals surface area contributed by atoms with E-state index in [1.165, 1.54) is 0 Å². The van der Waals surface area contributed by atoms with Crippen molar-refractivity contribution in [3.05, 3.63) is 17.0 Å². The van der Waals surface area contributed by atoms with Gasteiger partial charge in [-0.05, 0) is 34.9 Å². The van der Waals surface area contributed by atoms with Crippen LogP contribution in [0.25, 0.3) is 0 Å². The lowest BCUT2D eigenvalue weighted by Crippen LogP contribution is -2.47. The average Bonchev–Trinajstić information content (AvgIpc) is 2.53. The zero-order valence-electron chi connectivity index (χ0n) is 11.7. The number of amides is 1. The third-order valence-corrected chi connectivity index (χ3v) is 2.64. The number of aryl methyl sites for hydroxylation is 2. The van der Waals surface area contributed by atoms with E-state index >= 15 is 0 Å². The van der Waals surface area contributed by atoms with Gasteiger partial charge in [-0.25, -0.2) is 0 Å². The fourth-order valence-electron chi connectivity index (χ4n) is 1.98. The van der Waals surface area contributed by atoms with Gasteiger partial charge in [-0.15, -0.1) is 0 Å². The lowest BCUT2D eigenvalue weighted by molar-refractivity contribution is 0.0325. The van der Waals surface area contributed by atoms with Gasteiger partial charge in [0, 0.05) is 18.8 Å². The van der Waals surface area contributed by atoms with Crippen LogP contribution in [0.1, 0.15) is 28.7 Å². The number of carbonyl (C=O) groups excluding carboxylic acids is 1. The van der Waals surface area contributed by atoms with E-state index < -0.39 is 5.60 Å². The number of aromatic nitrogens is 2. The molecule has 1 atom stereocenters. The van der Waals surface area contributed by atoms with Crippen molar-refractivity contribution in [2.75, 3.05) is 27.2 Å². The Hall–Kier alpha value is -1.40. The number of H-pyrrole nitrogens is 1. The number of hydrogen-bond donors (Lipinski definition) is 3. The number of hydrogen-bond acceptors (Lipinski definition) is 4. The van der Waals surface area contributed by atoms with E-state index in [2.05, 4.69) is 15.5 Å². The van der Waals surface area contributed by atoms with E-state index in [0.717, 1.165) is 5.69 Å². The Morgan fingerprint density at radius 3 is 2.56 bits per heavy atom. The first-order valence-electron chi connectivity index (χ1n) is 5.90. The normalized spacial score (nSPS) is 14.6. The van der Waals surface area contributed by atoms with Crippen molar-refractivity contribution >= 4 is 5.91 Å². The molecule has 0 fully saturated rings. The van der Waals surface area contributed by atoms with Gasteiger partial charge in [-0.2, -0.15) is 5.10 Å². The third kappa shape index (κ3) is 3.82. The van der Waals surface area contributed by atoms with Crippen LogP contribution in [0.4, 0.5) is 0 Å². The molecule has 6 nitrogen and oxygen atoms in total. The fourth-order valence-corrected chi connectivity index (χ4v) is 1.98. The molecule has 0 bridgehead atoms. The van der Waals surface area contributed by atoms with Gasteiger partial charge >= 0.3 is 0 Å². The molecule has 6 heteroatoms. The maximum Gasteiger partial charge on any atom is 0.255 e.